The minimum absolute atomic E-state index is 0.525. The van der Waals surface area contributed by atoms with Crippen LogP contribution in [0.25, 0.3) is 0 Å². The Morgan fingerprint density at radius 2 is 2.06 bits per heavy atom. The molecule has 2 heteroatoms. The molecule has 1 atom stereocenters. The lowest BCUT2D eigenvalue weighted by Crippen LogP contribution is -2.22. The summed E-state index contributed by atoms with van der Waals surface area (Å²) in [6.07, 6.45) is 8.69. The van der Waals surface area contributed by atoms with E-state index in [2.05, 4.69) is 31.3 Å². The summed E-state index contributed by atoms with van der Waals surface area (Å²) < 4.78 is 0. The van der Waals surface area contributed by atoms with Gasteiger partial charge in [0.05, 0.1) is 0 Å². The molecule has 1 saturated carbocycles. The van der Waals surface area contributed by atoms with Crippen molar-refractivity contribution in [3.8, 4) is 0 Å². The second-order valence-corrected chi connectivity index (χ2v) is 6.74. The zero-order valence-corrected chi connectivity index (χ0v) is 12.0. The van der Waals surface area contributed by atoms with Crippen molar-refractivity contribution in [2.24, 2.45) is 5.92 Å². The van der Waals surface area contributed by atoms with Crippen molar-refractivity contribution in [1.29, 1.82) is 0 Å². The standard InChI is InChI=1S/C15H25NS/c1-12-8-9-15(17-12)13(2)16-11-10-14-6-4-3-5-7-14/h8-9,13-14,16H,3-7,10-11H2,1-2H3. The predicted molar refractivity (Wildman–Crippen MR) is 76.7 cm³/mol. The molecule has 1 aromatic rings. The van der Waals surface area contributed by atoms with Gasteiger partial charge in [0.1, 0.15) is 0 Å². The van der Waals surface area contributed by atoms with E-state index in [1.165, 1.54) is 54.8 Å². The van der Waals surface area contributed by atoms with Crippen LogP contribution in [0.2, 0.25) is 0 Å². The molecular weight excluding hydrogens is 226 g/mol. The summed E-state index contributed by atoms with van der Waals surface area (Å²) in [5, 5.41) is 3.67. The minimum Gasteiger partial charge on any atom is -0.309 e. The summed E-state index contributed by atoms with van der Waals surface area (Å²) in [6.45, 7) is 5.65. The lowest BCUT2D eigenvalue weighted by molar-refractivity contribution is 0.330. The fraction of sp³-hybridized carbons (Fsp3) is 0.733. The number of nitrogens with one attached hydrogen (secondary N) is 1. The van der Waals surface area contributed by atoms with Crippen LogP contribution >= 0.6 is 11.3 Å². The van der Waals surface area contributed by atoms with Gasteiger partial charge in [-0.05, 0) is 44.9 Å². The van der Waals surface area contributed by atoms with Gasteiger partial charge >= 0.3 is 0 Å². The van der Waals surface area contributed by atoms with E-state index < -0.39 is 0 Å². The van der Waals surface area contributed by atoms with Crippen molar-refractivity contribution < 1.29 is 0 Å². The first-order valence-electron chi connectivity index (χ1n) is 7.05. The average Bonchev–Trinajstić information content (AvgIpc) is 2.77. The summed E-state index contributed by atoms with van der Waals surface area (Å²) in [4.78, 5) is 2.90. The molecule has 2 rings (SSSR count). The second-order valence-electron chi connectivity index (χ2n) is 5.42. The van der Waals surface area contributed by atoms with E-state index in [4.69, 9.17) is 0 Å². The molecule has 0 saturated heterocycles. The van der Waals surface area contributed by atoms with Gasteiger partial charge in [0.15, 0.2) is 0 Å². The monoisotopic (exact) mass is 251 g/mol. The van der Waals surface area contributed by atoms with Crippen LogP contribution in [0.1, 0.15) is 61.2 Å². The van der Waals surface area contributed by atoms with Gasteiger partial charge in [-0.1, -0.05) is 32.1 Å². The van der Waals surface area contributed by atoms with Crippen LogP contribution in [-0.2, 0) is 0 Å². The Kier molecular flexibility index (Phi) is 5.05. The second kappa shape index (κ2) is 6.55. The van der Waals surface area contributed by atoms with Gasteiger partial charge in [-0.25, -0.2) is 0 Å². The lowest BCUT2D eigenvalue weighted by atomic mass is 9.87. The van der Waals surface area contributed by atoms with Crippen LogP contribution in [0.15, 0.2) is 12.1 Å². The largest absolute Gasteiger partial charge is 0.309 e. The molecule has 1 aliphatic carbocycles. The Labute approximate surface area is 110 Å². The lowest BCUT2D eigenvalue weighted by Gasteiger charge is -2.22. The summed E-state index contributed by atoms with van der Waals surface area (Å²) in [7, 11) is 0. The van der Waals surface area contributed by atoms with Crippen molar-refractivity contribution in [3.05, 3.63) is 21.9 Å². The van der Waals surface area contributed by atoms with Crippen LogP contribution in [0.5, 0.6) is 0 Å². The fourth-order valence-corrected chi connectivity index (χ4v) is 3.67. The first-order valence-corrected chi connectivity index (χ1v) is 7.87. The number of hydrogen-bond donors (Lipinski definition) is 1. The fourth-order valence-electron chi connectivity index (χ4n) is 2.77. The van der Waals surface area contributed by atoms with E-state index in [0.717, 1.165) is 5.92 Å². The molecule has 96 valence electrons. The Bertz CT molecular complexity index is 325. The molecule has 0 amide bonds. The molecule has 0 aliphatic heterocycles. The topological polar surface area (TPSA) is 12.0 Å². The first kappa shape index (κ1) is 13.1. The Morgan fingerprint density at radius 3 is 2.71 bits per heavy atom. The third-order valence-electron chi connectivity index (χ3n) is 3.92. The zero-order valence-electron chi connectivity index (χ0n) is 11.2. The molecule has 0 radical (unpaired) electrons. The van der Waals surface area contributed by atoms with Crippen LogP contribution in [0.3, 0.4) is 0 Å². The summed E-state index contributed by atoms with van der Waals surface area (Å²) >= 11 is 1.92. The number of hydrogen-bond acceptors (Lipinski definition) is 2. The normalized spacial score (nSPS) is 19.4. The highest BCUT2D eigenvalue weighted by atomic mass is 32.1. The highest BCUT2D eigenvalue weighted by molar-refractivity contribution is 7.12. The minimum atomic E-state index is 0.525. The van der Waals surface area contributed by atoms with Gasteiger partial charge in [0.2, 0.25) is 0 Å². The summed E-state index contributed by atoms with van der Waals surface area (Å²) in [6, 6.07) is 5.01. The molecule has 1 nitrogen and oxygen atoms in total. The van der Waals surface area contributed by atoms with Crippen LogP contribution in [0.4, 0.5) is 0 Å². The van der Waals surface area contributed by atoms with Gasteiger partial charge in [-0.15, -0.1) is 11.3 Å². The summed E-state index contributed by atoms with van der Waals surface area (Å²) in [5.74, 6) is 0.994. The molecule has 1 heterocycles. The van der Waals surface area contributed by atoms with Gasteiger partial charge in [0, 0.05) is 15.8 Å². The first-order chi connectivity index (χ1) is 8.25. The molecular formula is C15H25NS. The van der Waals surface area contributed by atoms with E-state index in [-0.39, 0.29) is 0 Å². The smallest absolute Gasteiger partial charge is 0.0386 e. The molecule has 1 N–H and O–H groups in total. The number of thiophene rings is 1. The molecule has 1 unspecified atom stereocenters. The Morgan fingerprint density at radius 1 is 1.29 bits per heavy atom. The SMILES string of the molecule is Cc1ccc(C(C)NCCC2CCCCC2)s1. The Balaban J connectivity index is 1.67. The quantitative estimate of drug-likeness (QED) is 0.801. The molecule has 1 fully saturated rings. The molecule has 17 heavy (non-hydrogen) atoms. The van der Waals surface area contributed by atoms with Crippen LogP contribution in [0, 0.1) is 12.8 Å². The molecule has 1 aliphatic rings. The van der Waals surface area contributed by atoms with Crippen molar-refractivity contribution in [3.63, 3.8) is 0 Å². The third kappa shape index (κ3) is 4.11. The maximum Gasteiger partial charge on any atom is 0.0386 e. The number of aryl methyl sites for hydroxylation is 1. The van der Waals surface area contributed by atoms with Crippen molar-refractivity contribution >= 4 is 11.3 Å². The molecule has 1 aromatic heterocycles. The van der Waals surface area contributed by atoms with Crippen molar-refractivity contribution in [2.75, 3.05) is 6.54 Å². The van der Waals surface area contributed by atoms with Gasteiger partial charge < -0.3 is 5.32 Å². The Hall–Kier alpha value is -0.340. The van der Waals surface area contributed by atoms with Crippen LogP contribution < -0.4 is 5.32 Å². The molecule has 0 aromatic carbocycles. The highest BCUT2D eigenvalue weighted by Crippen LogP contribution is 2.26. The van der Waals surface area contributed by atoms with E-state index >= 15 is 0 Å². The van der Waals surface area contributed by atoms with E-state index in [1.54, 1.807) is 0 Å². The molecule has 0 spiro atoms. The van der Waals surface area contributed by atoms with E-state index in [9.17, 15) is 0 Å². The van der Waals surface area contributed by atoms with Gasteiger partial charge in [0.25, 0.3) is 0 Å². The third-order valence-corrected chi connectivity index (χ3v) is 5.10. The number of rotatable bonds is 5. The van der Waals surface area contributed by atoms with Gasteiger partial charge in [-0.2, -0.15) is 0 Å². The van der Waals surface area contributed by atoms with Crippen molar-refractivity contribution in [2.45, 2.75) is 58.4 Å². The summed E-state index contributed by atoms with van der Waals surface area (Å²) in [5.41, 5.74) is 0. The maximum atomic E-state index is 3.67. The highest BCUT2D eigenvalue weighted by Gasteiger charge is 2.13. The van der Waals surface area contributed by atoms with E-state index in [1.807, 2.05) is 11.3 Å². The predicted octanol–water partition coefficient (Wildman–Crippen LogP) is 4.68. The van der Waals surface area contributed by atoms with Crippen molar-refractivity contribution in [1.82, 2.24) is 5.32 Å². The van der Waals surface area contributed by atoms with Gasteiger partial charge in [-0.3, -0.25) is 0 Å². The molecule has 0 bridgehead atoms. The van der Waals surface area contributed by atoms with Crippen LogP contribution in [-0.4, -0.2) is 6.54 Å². The zero-order chi connectivity index (χ0) is 12.1. The van der Waals surface area contributed by atoms with E-state index in [0.29, 0.717) is 6.04 Å². The maximum absolute atomic E-state index is 3.67. The average molecular weight is 251 g/mol.